The van der Waals surface area contributed by atoms with Gasteiger partial charge in [0.25, 0.3) is 0 Å². The second kappa shape index (κ2) is 5.58. The van der Waals surface area contributed by atoms with Gasteiger partial charge < -0.3 is 4.74 Å². The van der Waals surface area contributed by atoms with Crippen molar-refractivity contribution in [1.82, 2.24) is 0 Å². The molecule has 0 heterocycles. The van der Waals surface area contributed by atoms with E-state index in [9.17, 15) is 9.59 Å². The summed E-state index contributed by atoms with van der Waals surface area (Å²) in [5.74, 6) is -0.590. The summed E-state index contributed by atoms with van der Waals surface area (Å²) in [4.78, 5) is 23.1. The van der Waals surface area contributed by atoms with Crippen molar-refractivity contribution >= 4 is 11.8 Å². The first-order valence-electron chi connectivity index (χ1n) is 4.84. The summed E-state index contributed by atoms with van der Waals surface area (Å²) in [6, 6.07) is 0. The molecule has 0 aliphatic carbocycles. The van der Waals surface area contributed by atoms with Gasteiger partial charge in [-0.3, -0.25) is 9.59 Å². The second-order valence-corrected chi connectivity index (χ2v) is 3.21. The Kier molecular flexibility index (Phi) is 5.13. The number of rotatable bonds is 6. The Hall–Kier alpha value is -1.12. The topological polar surface area (TPSA) is 43.4 Å². The van der Waals surface area contributed by atoms with Gasteiger partial charge in [0, 0.05) is 0 Å². The number of ether oxygens (including phenoxy) is 1. The fourth-order valence-electron chi connectivity index (χ4n) is 1.42. The van der Waals surface area contributed by atoms with E-state index in [2.05, 4.69) is 6.58 Å². The van der Waals surface area contributed by atoms with Crippen molar-refractivity contribution in [1.29, 1.82) is 0 Å². The van der Waals surface area contributed by atoms with Crippen LogP contribution in [0, 0.1) is 5.41 Å². The van der Waals surface area contributed by atoms with Gasteiger partial charge in [0.05, 0.1) is 6.61 Å². The van der Waals surface area contributed by atoms with Crippen molar-refractivity contribution in [3.05, 3.63) is 12.7 Å². The molecule has 0 radical (unpaired) electrons. The first-order valence-corrected chi connectivity index (χ1v) is 4.84. The predicted molar refractivity (Wildman–Crippen MR) is 54.9 cm³/mol. The first-order chi connectivity index (χ1) is 6.55. The highest BCUT2D eigenvalue weighted by Crippen LogP contribution is 2.29. The lowest BCUT2D eigenvalue weighted by Gasteiger charge is -2.25. The highest BCUT2D eigenvalue weighted by molar-refractivity contribution is 6.02. The van der Waals surface area contributed by atoms with Crippen LogP contribution in [0.5, 0.6) is 0 Å². The highest BCUT2D eigenvalue weighted by atomic mass is 16.5. The van der Waals surface area contributed by atoms with Gasteiger partial charge in [0.1, 0.15) is 11.2 Å². The molecular weight excluding hydrogens is 180 g/mol. The number of Topliss-reactive ketones (excluding diaryl/α,β-unsaturated/α-hetero) is 1. The van der Waals surface area contributed by atoms with Gasteiger partial charge in [-0.2, -0.15) is 0 Å². The van der Waals surface area contributed by atoms with E-state index >= 15 is 0 Å². The molecule has 14 heavy (non-hydrogen) atoms. The maximum atomic E-state index is 11.6. The maximum absolute atomic E-state index is 11.6. The van der Waals surface area contributed by atoms with E-state index in [0.717, 1.165) is 0 Å². The fourth-order valence-corrected chi connectivity index (χ4v) is 1.42. The van der Waals surface area contributed by atoms with Gasteiger partial charge in [-0.25, -0.2) is 0 Å². The summed E-state index contributed by atoms with van der Waals surface area (Å²) in [5.41, 5.74) is -1.02. The number of ketones is 1. The van der Waals surface area contributed by atoms with Gasteiger partial charge in [-0.05, 0) is 26.7 Å². The number of hydrogen-bond donors (Lipinski definition) is 0. The summed E-state index contributed by atoms with van der Waals surface area (Å²) in [6.45, 7) is 8.81. The van der Waals surface area contributed by atoms with Crippen molar-refractivity contribution in [2.24, 2.45) is 5.41 Å². The van der Waals surface area contributed by atoms with Crippen LogP contribution in [0.1, 0.15) is 33.6 Å². The number of carbonyl (C=O) groups is 2. The van der Waals surface area contributed by atoms with E-state index in [4.69, 9.17) is 4.74 Å². The average molecular weight is 198 g/mol. The van der Waals surface area contributed by atoms with Crippen LogP contribution in [0.3, 0.4) is 0 Å². The Bertz CT molecular complexity index is 233. The van der Waals surface area contributed by atoms with Gasteiger partial charge in [-0.15, -0.1) is 6.58 Å². The van der Waals surface area contributed by atoms with Crippen LogP contribution in [0.15, 0.2) is 12.7 Å². The summed E-state index contributed by atoms with van der Waals surface area (Å²) >= 11 is 0. The maximum Gasteiger partial charge on any atom is 0.319 e. The first kappa shape index (κ1) is 12.9. The zero-order valence-corrected chi connectivity index (χ0v) is 9.13. The predicted octanol–water partition coefficient (Wildman–Crippen LogP) is 2.11. The van der Waals surface area contributed by atoms with Crippen molar-refractivity contribution in [2.45, 2.75) is 33.6 Å². The number of allylic oxidation sites excluding steroid dienone is 1. The molecule has 0 saturated carbocycles. The van der Waals surface area contributed by atoms with Gasteiger partial charge in [0.2, 0.25) is 0 Å². The summed E-state index contributed by atoms with van der Waals surface area (Å²) in [7, 11) is 0. The Balaban J connectivity index is 4.91. The summed E-state index contributed by atoms with van der Waals surface area (Å²) < 4.78 is 4.90. The van der Waals surface area contributed by atoms with E-state index in [1.165, 1.54) is 6.92 Å². The Morgan fingerprint density at radius 3 is 2.29 bits per heavy atom. The number of esters is 1. The molecule has 3 nitrogen and oxygen atoms in total. The molecule has 3 heteroatoms. The fraction of sp³-hybridized carbons (Fsp3) is 0.636. The Morgan fingerprint density at radius 1 is 1.43 bits per heavy atom. The minimum atomic E-state index is -1.02. The molecule has 0 aromatic rings. The van der Waals surface area contributed by atoms with Crippen molar-refractivity contribution in [3.8, 4) is 0 Å². The normalized spacial score (nSPS) is 14.2. The molecule has 80 valence electrons. The van der Waals surface area contributed by atoms with E-state index in [0.29, 0.717) is 19.4 Å². The number of hydrogen-bond acceptors (Lipinski definition) is 3. The molecular formula is C11H18O3. The molecule has 0 amide bonds. The van der Waals surface area contributed by atoms with Crippen LogP contribution in [0.2, 0.25) is 0 Å². The zero-order chi connectivity index (χ0) is 11.2. The van der Waals surface area contributed by atoms with Gasteiger partial charge >= 0.3 is 5.97 Å². The van der Waals surface area contributed by atoms with Crippen LogP contribution < -0.4 is 0 Å². The molecule has 1 atom stereocenters. The van der Waals surface area contributed by atoms with E-state index in [1.807, 2.05) is 6.92 Å². The summed E-state index contributed by atoms with van der Waals surface area (Å²) in [5, 5.41) is 0. The molecule has 0 rings (SSSR count). The van der Waals surface area contributed by atoms with Crippen molar-refractivity contribution < 1.29 is 14.3 Å². The van der Waals surface area contributed by atoms with Crippen molar-refractivity contribution in [2.75, 3.05) is 6.61 Å². The van der Waals surface area contributed by atoms with E-state index in [1.54, 1.807) is 13.0 Å². The number of carbonyl (C=O) groups excluding carboxylic acids is 2. The lowest BCUT2D eigenvalue weighted by Crippen LogP contribution is -2.38. The Labute approximate surface area is 85.1 Å². The zero-order valence-electron chi connectivity index (χ0n) is 9.13. The monoisotopic (exact) mass is 198 g/mol. The van der Waals surface area contributed by atoms with E-state index in [-0.39, 0.29) is 5.78 Å². The van der Waals surface area contributed by atoms with E-state index < -0.39 is 11.4 Å². The quantitative estimate of drug-likeness (QED) is 0.373. The molecule has 0 saturated heterocycles. The van der Waals surface area contributed by atoms with Gasteiger partial charge in [-0.1, -0.05) is 13.0 Å². The standard InChI is InChI=1S/C11H18O3/c1-5-8-11(6-2,9(4)12)10(13)14-7-3/h5H,1,6-8H2,2-4H3/t11-/m1/s1. The third-order valence-electron chi connectivity index (χ3n) is 2.44. The molecule has 0 fully saturated rings. The molecule has 0 N–H and O–H groups in total. The van der Waals surface area contributed by atoms with Crippen molar-refractivity contribution in [3.63, 3.8) is 0 Å². The lowest BCUT2D eigenvalue weighted by atomic mass is 9.78. The van der Waals surface area contributed by atoms with Gasteiger partial charge in [0.15, 0.2) is 0 Å². The third kappa shape index (κ3) is 2.44. The van der Waals surface area contributed by atoms with Crippen LogP contribution in [0.4, 0.5) is 0 Å². The minimum absolute atomic E-state index is 0.154. The largest absolute Gasteiger partial charge is 0.465 e. The lowest BCUT2D eigenvalue weighted by molar-refractivity contribution is -0.159. The smallest absolute Gasteiger partial charge is 0.319 e. The SMILES string of the molecule is C=CC[C@](CC)(C(C)=O)C(=O)OCC. The average Bonchev–Trinajstić information content (AvgIpc) is 2.14. The highest BCUT2D eigenvalue weighted by Gasteiger charge is 2.41. The molecule has 0 aliphatic rings. The summed E-state index contributed by atoms with van der Waals surface area (Å²) in [6.07, 6.45) is 2.38. The van der Waals surface area contributed by atoms with Crippen LogP contribution in [0.25, 0.3) is 0 Å². The molecule has 0 aromatic carbocycles. The minimum Gasteiger partial charge on any atom is -0.465 e. The molecule has 0 bridgehead atoms. The molecule has 0 spiro atoms. The molecule has 0 unspecified atom stereocenters. The second-order valence-electron chi connectivity index (χ2n) is 3.21. The third-order valence-corrected chi connectivity index (χ3v) is 2.44. The van der Waals surface area contributed by atoms with Crippen LogP contribution in [-0.4, -0.2) is 18.4 Å². The molecule has 0 aromatic heterocycles. The molecule has 0 aliphatic heterocycles. The van der Waals surface area contributed by atoms with Crippen LogP contribution >= 0.6 is 0 Å². The Morgan fingerprint density at radius 2 is 2.00 bits per heavy atom. The van der Waals surface area contributed by atoms with Crippen LogP contribution in [-0.2, 0) is 14.3 Å².